The molecule has 1 N–H and O–H groups in total. The highest BCUT2D eigenvalue weighted by Crippen LogP contribution is 2.27. The van der Waals surface area contributed by atoms with Crippen LogP contribution in [0.3, 0.4) is 0 Å². The quantitative estimate of drug-likeness (QED) is 0.836. The van der Waals surface area contributed by atoms with E-state index in [1.807, 2.05) is 0 Å². The summed E-state index contributed by atoms with van der Waals surface area (Å²) in [7, 11) is 0. The summed E-state index contributed by atoms with van der Waals surface area (Å²) in [5.41, 5.74) is 0.785. The van der Waals surface area contributed by atoms with Gasteiger partial charge in [0.1, 0.15) is 0 Å². The summed E-state index contributed by atoms with van der Waals surface area (Å²) < 4.78 is 0.755. The number of hydrogen-bond donors (Lipinski definition) is 1. The van der Waals surface area contributed by atoms with Crippen LogP contribution in [-0.2, 0) is 0 Å². The summed E-state index contributed by atoms with van der Waals surface area (Å²) in [5, 5.41) is 9.01. The van der Waals surface area contributed by atoms with E-state index in [0.29, 0.717) is 11.1 Å². The Kier molecular flexibility index (Phi) is 2.82. The van der Waals surface area contributed by atoms with E-state index >= 15 is 0 Å². The molecule has 0 saturated heterocycles. The first-order valence-electron chi connectivity index (χ1n) is 4.84. The fraction of sp³-hybridized carbons (Fsp3) is 0.273. The van der Waals surface area contributed by atoms with E-state index in [9.17, 15) is 9.59 Å². The van der Waals surface area contributed by atoms with E-state index in [1.54, 1.807) is 25.1 Å². The van der Waals surface area contributed by atoms with Crippen molar-refractivity contribution in [1.82, 2.24) is 4.90 Å². The fourth-order valence-corrected chi connectivity index (χ4v) is 2.07. The Balaban J connectivity index is 2.48. The number of aliphatic hydroxyl groups excluding tert-OH is 1. The number of amides is 2. The summed E-state index contributed by atoms with van der Waals surface area (Å²) in [4.78, 5) is 24.9. The van der Waals surface area contributed by atoms with Gasteiger partial charge in [-0.2, -0.15) is 0 Å². The van der Waals surface area contributed by atoms with E-state index in [0.717, 1.165) is 9.37 Å². The zero-order valence-electron chi connectivity index (χ0n) is 8.61. The van der Waals surface area contributed by atoms with Gasteiger partial charge in [0.2, 0.25) is 0 Å². The molecule has 1 aromatic carbocycles. The summed E-state index contributed by atoms with van der Waals surface area (Å²) in [6.07, 6.45) is 0. The van der Waals surface area contributed by atoms with Crippen molar-refractivity contribution in [2.75, 3.05) is 6.61 Å². The van der Waals surface area contributed by atoms with E-state index < -0.39 is 6.04 Å². The van der Waals surface area contributed by atoms with Crippen molar-refractivity contribution in [3.05, 3.63) is 33.8 Å². The molecule has 0 bridgehead atoms. The molecule has 0 radical (unpaired) electrons. The third kappa shape index (κ3) is 1.56. The number of fused-ring (bicyclic) bond motifs is 1. The second kappa shape index (κ2) is 3.99. The minimum Gasteiger partial charge on any atom is -0.394 e. The van der Waals surface area contributed by atoms with Crippen molar-refractivity contribution < 1.29 is 14.7 Å². The number of imide groups is 1. The molecule has 2 amide bonds. The highest BCUT2D eigenvalue weighted by atomic mass is 79.9. The van der Waals surface area contributed by atoms with Crippen LogP contribution >= 0.6 is 15.9 Å². The molecule has 0 saturated carbocycles. The molecule has 1 unspecified atom stereocenters. The van der Waals surface area contributed by atoms with Crippen LogP contribution in [0.15, 0.2) is 22.7 Å². The molecule has 0 aromatic heterocycles. The average Bonchev–Trinajstić information content (AvgIpc) is 2.51. The highest BCUT2D eigenvalue weighted by molar-refractivity contribution is 9.10. The van der Waals surface area contributed by atoms with Crippen LogP contribution in [0.2, 0.25) is 0 Å². The van der Waals surface area contributed by atoms with Gasteiger partial charge >= 0.3 is 0 Å². The van der Waals surface area contributed by atoms with Gasteiger partial charge in [-0.25, -0.2) is 0 Å². The van der Waals surface area contributed by atoms with Gasteiger partial charge in [0.15, 0.2) is 0 Å². The van der Waals surface area contributed by atoms with Crippen molar-refractivity contribution in [2.45, 2.75) is 13.0 Å². The molecule has 0 spiro atoms. The second-order valence-corrected chi connectivity index (χ2v) is 4.62. The number of hydrogen-bond acceptors (Lipinski definition) is 3. The van der Waals surface area contributed by atoms with Crippen molar-refractivity contribution in [3.8, 4) is 0 Å². The third-order valence-corrected chi connectivity index (χ3v) is 3.08. The molecule has 0 aliphatic carbocycles. The zero-order chi connectivity index (χ0) is 11.9. The van der Waals surface area contributed by atoms with Gasteiger partial charge in [0.05, 0.1) is 23.8 Å². The van der Waals surface area contributed by atoms with E-state index in [1.165, 1.54) is 0 Å². The lowest BCUT2D eigenvalue weighted by molar-refractivity contribution is 0.0537. The lowest BCUT2D eigenvalue weighted by Crippen LogP contribution is -2.40. The fourth-order valence-electron chi connectivity index (χ4n) is 1.71. The lowest BCUT2D eigenvalue weighted by atomic mass is 10.1. The van der Waals surface area contributed by atoms with E-state index in [-0.39, 0.29) is 18.4 Å². The maximum atomic E-state index is 11.9. The smallest absolute Gasteiger partial charge is 0.261 e. The van der Waals surface area contributed by atoms with Crippen LogP contribution in [0.5, 0.6) is 0 Å². The molecule has 0 fully saturated rings. The summed E-state index contributed by atoms with van der Waals surface area (Å²) >= 11 is 3.25. The van der Waals surface area contributed by atoms with Crippen LogP contribution < -0.4 is 0 Å². The SMILES string of the molecule is CC(CO)N1C(=O)c2ccc(Br)cc2C1=O. The minimum atomic E-state index is -0.494. The Hall–Kier alpha value is -1.20. The summed E-state index contributed by atoms with van der Waals surface area (Å²) in [6, 6.07) is 4.46. The van der Waals surface area contributed by atoms with Crippen LogP contribution in [0, 0.1) is 0 Å². The van der Waals surface area contributed by atoms with Crippen LogP contribution in [0.25, 0.3) is 0 Å². The lowest BCUT2D eigenvalue weighted by Gasteiger charge is -2.19. The Morgan fingerprint density at radius 3 is 2.56 bits per heavy atom. The van der Waals surface area contributed by atoms with Gasteiger partial charge in [-0.05, 0) is 25.1 Å². The third-order valence-electron chi connectivity index (χ3n) is 2.59. The van der Waals surface area contributed by atoms with E-state index in [4.69, 9.17) is 5.11 Å². The first-order valence-corrected chi connectivity index (χ1v) is 5.64. The number of rotatable bonds is 2. The second-order valence-electron chi connectivity index (χ2n) is 3.70. The number of aliphatic hydroxyl groups is 1. The number of benzene rings is 1. The topological polar surface area (TPSA) is 57.6 Å². The number of carbonyl (C=O) groups excluding carboxylic acids is 2. The van der Waals surface area contributed by atoms with Crippen molar-refractivity contribution >= 4 is 27.7 Å². The van der Waals surface area contributed by atoms with Gasteiger partial charge in [-0.15, -0.1) is 0 Å². The van der Waals surface area contributed by atoms with Crippen molar-refractivity contribution in [3.63, 3.8) is 0 Å². The maximum absolute atomic E-state index is 11.9. The van der Waals surface area contributed by atoms with Crippen molar-refractivity contribution in [2.24, 2.45) is 0 Å². The molecule has 1 atom stereocenters. The number of nitrogens with zero attached hydrogens (tertiary/aromatic N) is 1. The van der Waals surface area contributed by atoms with Gasteiger partial charge in [0, 0.05) is 4.47 Å². The molecule has 16 heavy (non-hydrogen) atoms. The molecular formula is C11H10BrNO3. The largest absolute Gasteiger partial charge is 0.394 e. The van der Waals surface area contributed by atoms with Crippen molar-refractivity contribution in [1.29, 1.82) is 0 Å². The number of carbonyl (C=O) groups is 2. The van der Waals surface area contributed by atoms with Gasteiger partial charge in [-0.1, -0.05) is 15.9 Å². The normalized spacial score (nSPS) is 16.6. The minimum absolute atomic E-state index is 0.230. The molecular weight excluding hydrogens is 274 g/mol. The monoisotopic (exact) mass is 283 g/mol. The zero-order valence-corrected chi connectivity index (χ0v) is 10.2. The number of halogens is 1. The Labute approximate surface area is 101 Å². The molecule has 1 aliphatic rings. The Bertz CT molecular complexity index is 472. The molecule has 1 aliphatic heterocycles. The van der Waals surface area contributed by atoms with Crippen LogP contribution in [0.1, 0.15) is 27.6 Å². The maximum Gasteiger partial charge on any atom is 0.261 e. The summed E-state index contributed by atoms with van der Waals surface area (Å²) in [5.74, 6) is -0.683. The molecule has 84 valence electrons. The molecule has 4 nitrogen and oxygen atoms in total. The molecule has 5 heteroatoms. The van der Waals surface area contributed by atoms with Gasteiger partial charge < -0.3 is 5.11 Å². The van der Waals surface area contributed by atoms with Gasteiger partial charge in [-0.3, -0.25) is 14.5 Å². The summed E-state index contributed by atoms with van der Waals surface area (Å²) in [6.45, 7) is 1.41. The van der Waals surface area contributed by atoms with Crippen LogP contribution in [0.4, 0.5) is 0 Å². The molecule has 1 aromatic rings. The van der Waals surface area contributed by atoms with Crippen LogP contribution in [-0.4, -0.2) is 34.5 Å². The van der Waals surface area contributed by atoms with E-state index in [2.05, 4.69) is 15.9 Å². The first kappa shape index (κ1) is 11.3. The standard InChI is InChI=1S/C11H10BrNO3/c1-6(5-14)13-10(15)8-3-2-7(12)4-9(8)11(13)16/h2-4,6,14H,5H2,1H3. The molecule has 1 heterocycles. The first-order chi connectivity index (χ1) is 7.56. The Morgan fingerprint density at radius 1 is 1.31 bits per heavy atom. The highest BCUT2D eigenvalue weighted by Gasteiger charge is 2.38. The Morgan fingerprint density at radius 2 is 1.94 bits per heavy atom. The predicted molar refractivity (Wildman–Crippen MR) is 61.2 cm³/mol. The van der Waals surface area contributed by atoms with Gasteiger partial charge in [0.25, 0.3) is 11.8 Å². The molecule has 2 rings (SSSR count). The average molecular weight is 284 g/mol. The predicted octanol–water partition coefficient (Wildman–Crippen LogP) is 1.43.